The molecule has 0 unspecified atom stereocenters. The fourth-order valence-corrected chi connectivity index (χ4v) is 4.51. The van der Waals surface area contributed by atoms with Gasteiger partial charge in [0.1, 0.15) is 6.61 Å². The Morgan fingerprint density at radius 3 is 2.46 bits per heavy atom. The Bertz CT molecular complexity index is 1400. The predicted molar refractivity (Wildman–Crippen MR) is 150 cm³/mol. The maximum Gasteiger partial charge on any atom is 0.258 e. The second-order valence-corrected chi connectivity index (χ2v) is 9.80. The molecule has 1 saturated heterocycles. The first kappa shape index (κ1) is 24.7. The molecule has 0 bridgehead atoms. The van der Waals surface area contributed by atoms with Crippen LogP contribution in [0.1, 0.15) is 28.8 Å². The zero-order valence-corrected chi connectivity index (χ0v) is 21.7. The second-order valence-electron chi connectivity index (χ2n) is 9.80. The summed E-state index contributed by atoms with van der Waals surface area (Å²) in [4.78, 5) is 27.0. The van der Waals surface area contributed by atoms with Gasteiger partial charge in [0.15, 0.2) is 5.82 Å². The van der Waals surface area contributed by atoms with E-state index >= 15 is 0 Å². The van der Waals surface area contributed by atoms with Crippen LogP contribution in [0.4, 0.5) is 11.5 Å². The highest BCUT2D eigenvalue weighted by atomic mass is 16.5. The summed E-state index contributed by atoms with van der Waals surface area (Å²) in [5.41, 5.74) is 6.18. The maximum atomic E-state index is 13.0. The highest BCUT2D eigenvalue weighted by Gasteiger charge is 2.21. The lowest BCUT2D eigenvalue weighted by Gasteiger charge is -2.20. The molecule has 190 valence electrons. The van der Waals surface area contributed by atoms with Gasteiger partial charge >= 0.3 is 0 Å². The van der Waals surface area contributed by atoms with Crippen molar-refractivity contribution in [2.24, 2.45) is 0 Å². The highest BCUT2D eigenvalue weighted by molar-refractivity contribution is 6.05. The second kappa shape index (κ2) is 11.0. The van der Waals surface area contributed by atoms with Crippen LogP contribution in [-0.4, -0.2) is 61.1 Å². The summed E-state index contributed by atoms with van der Waals surface area (Å²) < 4.78 is 6.04. The lowest BCUT2D eigenvalue weighted by atomic mass is 10.0. The van der Waals surface area contributed by atoms with Gasteiger partial charge in [0, 0.05) is 30.9 Å². The Kier molecular flexibility index (Phi) is 7.32. The molecule has 1 aliphatic heterocycles. The number of likely N-dealkylation sites (N-methyl/N-ethyl adjacent to an activating group) is 1. The average Bonchev–Trinajstić information content (AvgIpc) is 3.43. The first-order valence-electron chi connectivity index (χ1n) is 12.8. The van der Waals surface area contributed by atoms with Crippen molar-refractivity contribution in [2.75, 3.05) is 50.6 Å². The van der Waals surface area contributed by atoms with Gasteiger partial charge in [-0.3, -0.25) is 4.79 Å². The summed E-state index contributed by atoms with van der Waals surface area (Å²) >= 11 is 0. The molecule has 1 amide bonds. The maximum absolute atomic E-state index is 13.0. The van der Waals surface area contributed by atoms with Gasteiger partial charge < -0.3 is 19.9 Å². The molecule has 0 saturated carbocycles. The largest absolute Gasteiger partial charge is 0.474 e. The number of nitrogens with zero attached hydrogens (tertiary/aromatic N) is 4. The van der Waals surface area contributed by atoms with Gasteiger partial charge in [-0.15, -0.1) is 0 Å². The fraction of sp³-hybridized carbons (Fsp3) is 0.300. The Morgan fingerprint density at radius 2 is 1.73 bits per heavy atom. The van der Waals surface area contributed by atoms with Crippen LogP contribution in [0.2, 0.25) is 0 Å². The summed E-state index contributed by atoms with van der Waals surface area (Å²) in [5.74, 6) is 1.19. The van der Waals surface area contributed by atoms with E-state index < -0.39 is 0 Å². The number of fused-ring (bicyclic) bond motifs is 1. The molecule has 1 fully saturated rings. The molecule has 4 aromatic rings. The Morgan fingerprint density at radius 1 is 0.946 bits per heavy atom. The summed E-state index contributed by atoms with van der Waals surface area (Å²) in [6.07, 6.45) is 2.27. The zero-order chi connectivity index (χ0) is 25.8. The molecule has 2 heterocycles. The minimum atomic E-state index is -0.161. The van der Waals surface area contributed by atoms with Crippen LogP contribution in [-0.2, 0) is 0 Å². The van der Waals surface area contributed by atoms with Crippen molar-refractivity contribution in [1.82, 2.24) is 14.9 Å². The van der Waals surface area contributed by atoms with Crippen molar-refractivity contribution < 1.29 is 9.53 Å². The zero-order valence-electron chi connectivity index (χ0n) is 21.7. The van der Waals surface area contributed by atoms with Crippen molar-refractivity contribution in [3.05, 3.63) is 77.9 Å². The summed E-state index contributed by atoms with van der Waals surface area (Å²) in [5, 5.41) is 3.01. The number of ether oxygens (including phenoxy) is 1. The predicted octanol–water partition coefficient (Wildman–Crippen LogP) is 5.40. The smallest absolute Gasteiger partial charge is 0.258 e. The van der Waals surface area contributed by atoms with Gasteiger partial charge in [-0.2, -0.15) is 0 Å². The standard InChI is InChI=1S/C30H33N5O2/c1-21-7-6-8-24(19-21)22-9-11-23(12-10-22)29(36)31-25-13-14-26-27(20-25)32-28(35-15-4-5-16-35)30(33-26)37-18-17-34(2)3/h6-14,19-20H,4-5,15-18H2,1-3H3,(H,31,36). The normalized spacial score (nSPS) is 13.4. The number of anilines is 2. The van der Waals surface area contributed by atoms with Gasteiger partial charge in [0.2, 0.25) is 0 Å². The summed E-state index contributed by atoms with van der Waals surface area (Å²) in [6.45, 7) is 5.31. The lowest BCUT2D eigenvalue weighted by molar-refractivity contribution is 0.102. The van der Waals surface area contributed by atoms with E-state index in [4.69, 9.17) is 14.7 Å². The number of aryl methyl sites for hydroxylation is 1. The van der Waals surface area contributed by atoms with Gasteiger partial charge in [-0.1, -0.05) is 42.0 Å². The lowest BCUT2D eigenvalue weighted by Crippen LogP contribution is -2.23. The quantitative estimate of drug-likeness (QED) is 0.353. The van der Waals surface area contributed by atoms with Gasteiger partial charge in [0.05, 0.1) is 11.0 Å². The molecule has 1 N–H and O–H groups in total. The number of benzene rings is 3. The molecule has 7 nitrogen and oxygen atoms in total. The molecule has 0 spiro atoms. The van der Waals surface area contributed by atoms with E-state index in [1.165, 1.54) is 5.56 Å². The molecule has 0 atom stereocenters. The van der Waals surface area contributed by atoms with Crippen LogP contribution in [0, 0.1) is 6.92 Å². The number of aromatic nitrogens is 2. The molecule has 5 rings (SSSR count). The number of hydrogen-bond donors (Lipinski definition) is 1. The molecule has 7 heteroatoms. The average molecular weight is 496 g/mol. The van der Waals surface area contributed by atoms with E-state index in [2.05, 4.69) is 40.2 Å². The fourth-order valence-electron chi connectivity index (χ4n) is 4.51. The number of rotatable bonds is 8. The van der Waals surface area contributed by atoms with E-state index in [1.807, 2.05) is 62.6 Å². The van der Waals surface area contributed by atoms with Gasteiger partial charge in [-0.05, 0) is 75.3 Å². The number of nitrogens with one attached hydrogen (secondary N) is 1. The minimum Gasteiger partial charge on any atom is -0.474 e. The third-order valence-electron chi connectivity index (χ3n) is 6.55. The van der Waals surface area contributed by atoms with Crippen LogP contribution in [0.3, 0.4) is 0 Å². The first-order valence-corrected chi connectivity index (χ1v) is 12.8. The van der Waals surface area contributed by atoms with Crippen molar-refractivity contribution >= 4 is 28.4 Å². The number of carbonyl (C=O) groups excluding carboxylic acids is 1. The highest BCUT2D eigenvalue weighted by Crippen LogP contribution is 2.31. The van der Waals surface area contributed by atoms with E-state index in [9.17, 15) is 4.79 Å². The van der Waals surface area contributed by atoms with Crippen LogP contribution in [0.15, 0.2) is 66.7 Å². The molecule has 3 aromatic carbocycles. The van der Waals surface area contributed by atoms with Crippen LogP contribution >= 0.6 is 0 Å². The first-order chi connectivity index (χ1) is 18.0. The van der Waals surface area contributed by atoms with Gasteiger partial charge in [-0.25, -0.2) is 9.97 Å². The number of amides is 1. The Hall–Kier alpha value is -3.97. The summed E-state index contributed by atoms with van der Waals surface area (Å²) in [6, 6.07) is 21.6. The monoisotopic (exact) mass is 495 g/mol. The molecule has 0 radical (unpaired) electrons. The number of hydrogen-bond acceptors (Lipinski definition) is 6. The van der Waals surface area contributed by atoms with E-state index in [0.29, 0.717) is 23.7 Å². The molecule has 37 heavy (non-hydrogen) atoms. The molecular formula is C30H33N5O2. The molecule has 1 aliphatic rings. The Labute approximate surface area is 218 Å². The summed E-state index contributed by atoms with van der Waals surface area (Å²) in [7, 11) is 4.04. The SMILES string of the molecule is Cc1cccc(-c2ccc(C(=O)Nc3ccc4nc(OCCN(C)C)c(N5CCCC5)nc4c3)cc2)c1. The van der Waals surface area contributed by atoms with Crippen LogP contribution in [0.5, 0.6) is 5.88 Å². The van der Waals surface area contributed by atoms with Crippen LogP contribution < -0.4 is 15.0 Å². The Balaban J connectivity index is 1.35. The van der Waals surface area contributed by atoms with Crippen molar-refractivity contribution in [2.45, 2.75) is 19.8 Å². The van der Waals surface area contributed by atoms with Crippen molar-refractivity contribution in [1.29, 1.82) is 0 Å². The third kappa shape index (κ3) is 5.89. The topological polar surface area (TPSA) is 70.6 Å². The van der Waals surface area contributed by atoms with E-state index in [0.717, 1.165) is 60.5 Å². The molecule has 1 aromatic heterocycles. The molecule has 0 aliphatic carbocycles. The van der Waals surface area contributed by atoms with Crippen molar-refractivity contribution in [3.8, 4) is 17.0 Å². The number of carbonyl (C=O) groups is 1. The third-order valence-corrected chi connectivity index (χ3v) is 6.55. The van der Waals surface area contributed by atoms with Crippen LogP contribution in [0.25, 0.3) is 22.2 Å². The van der Waals surface area contributed by atoms with Crippen molar-refractivity contribution in [3.63, 3.8) is 0 Å². The van der Waals surface area contributed by atoms with E-state index in [-0.39, 0.29) is 5.91 Å². The minimum absolute atomic E-state index is 0.161. The molecular weight excluding hydrogens is 462 g/mol. The van der Waals surface area contributed by atoms with Gasteiger partial charge in [0.25, 0.3) is 11.8 Å². The van der Waals surface area contributed by atoms with E-state index in [1.54, 1.807) is 0 Å².